The van der Waals surface area contributed by atoms with Crippen molar-refractivity contribution in [3.05, 3.63) is 134 Å². The molecule has 5 heterocycles. The number of para-hydroxylation sites is 1. The number of benzene rings is 4. The fourth-order valence-corrected chi connectivity index (χ4v) is 5.92. The molecule has 0 amide bonds. The molecule has 7 nitrogen and oxygen atoms in total. The van der Waals surface area contributed by atoms with E-state index in [0.29, 0.717) is 17.5 Å². The number of hydrogen-bond acceptors (Lipinski definition) is 6. The fourth-order valence-electron chi connectivity index (χ4n) is 5.92. The van der Waals surface area contributed by atoms with Gasteiger partial charge in [0.25, 0.3) is 0 Å². The van der Waals surface area contributed by atoms with E-state index in [1.807, 2.05) is 103 Å². The molecule has 0 saturated carbocycles. The van der Waals surface area contributed by atoms with Crippen LogP contribution in [0.4, 0.5) is 0 Å². The van der Waals surface area contributed by atoms with Crippen LogP contribution in [0.25, 0.3) is 83.9 Å². The van der Waals surface area contributed by atoms with Gasteiger partial charge < -0.3 is 8.98 Å². The minimum atomic E-state index is 0.588. The zero-order valence-corrected chi connectivity index (χ0v) is 23.3. The molecule has 9 aromatic rings. The van der Waals surface area contributed by atoms with E-state index in [9.17, 15) is 0 Å². The minimum Gasteiger partial charge on any atom is -0.454 e. The highest BCUT2D eigenvalue weighted by Crippen LogP contribution is 2.38. The summed E-state index contributed by atoms with van der Waals surface area (Å²) >= 11 is 0. The quantitative estimate of drug-likeness (QED) is 0.212. The average Bonchev–Trinajstić information content (AvgIpc) is 3.65. The van der Waals surface area contributed by atoms with Crippen LogP contribution in [0.3, 0.4) is 0 Å². The van der Waals surface area contributed by atoms with Gasteiger partial charge in [0.1, 0.15) is 22.1 Å². The SMILES string of the molecule is c1ccc(-c2nc(-c3ccccc3)nc(-c3cccc(-n4c5cccnc5c5ncc6c7ccccc7oc6c54)c3)n2)cc1. The van der Waals surface area contributed by atoms with Crippen LogP contribution < -0.4 is 0 Å². The summed E-state index contributed by atoms with van der Waals surface area (Å²) in [6, 6.07) is 40.3. The van der Waals surface area contributed by atoms with Crippen LogP contribution >= 0.6 is 0 Å². The lowest BCUT2D eigenvalue weighted by molar-refractivity contribution is 0.671. The maximum atomic E-state index is 6.48. The standard InChI is InChI=1S/C37H22N6O/c1-3-11-23(12-4-1)35-40-36(24-13-5-2-6-14-24)42-37(41-35)25-15-9-16-26(21-25)43-29-18-10-20-38-31(29)32-33(43)34-28(22-39-32)27-17-7-8-19-30(27)44-34/h1-22H. The van der Waals surface area contributed by atoms with E-state index in [2.05, 4.69) is 28.8 Å². The molecule has 0 aliphatic heterocycles. The molecule has 0 bridgehead atoms. The Morgan fingerprint density at radius 1 is 0.523 bits per heavy atom. The molecule has 0 N–H and O–H groups in total. The van der Waals surface area contributed by atoms with Crippen LogP contribution in [0.1, 0.15) is 0 Å². The third-order valence-corrected chi connectivity index (χ3v) is 7.93. The lowest BCUT2D eigenvalue weighted by Crippen LogP contribution is -2.01. The molecule has 5 aromatic heterocycles. The van der Waals surface area contributed by atoms with Crippen LogP contribution in [-0.2, 0) is 0 Å². The summed E-state index contributed by atoms with van der Waals surface area (Å²) in [5.74, 6) is 1.83. The first-order valence-corrected chi connectivity index (χ1v) is 14.3. The Morgan fingerprint density at radius 2 is 1.18 bits per heavy atom. The largest absolute Gasteiger partial charge is 0.454 e. The first kappa shape index (κ1) is 24.4. The van der Waals surface area contributed by atoms with Crippen LogP contribution in [0.15, 0.2) is 138 Å². The van der Waals surface area contributed by atoms with Crippen LogP contribution in [0, 0.1) is 0 Å². The zero-order chi connectivity index (χ0) is 29.0. The van der Waals surface area contributed by atoms with Gasteiger partial charge in [0.05, 0.1) is 5.52 Å². The normalized spacial score (nSPS) is 11.6. The Morgan fingerprint density at radius 3 is 1.93 bits per heavy atom. The molecule has 9 rings (SSSR count). The monoisotopic (exact) mass is 566 g/mol. The van der Waals surface area contributed by atoms with Crippen molar-refractivity contribution in [3.8, 4) is 39.9 Å². The highest BCUT2D eigenvalue weighted by atomic mass is 16.3. The topological polar surface area (TPSA) is 82.5 Å². The molecule has 4 aromatic carbocycles. The summed E-state index contributed by atoms with van der Waals surface area (Å²) < 4.78 is 8.66. The molecule has 206 valence electrons. The number of nitrogens with zero attached hydrogens (tertiary/aromatic N) is 6. The summed E-state index contributed by atoms with van der Waals surface area (Å²) in [5, 5.41) is 1.99. The van der Waals surface area contributed by atoms with E-state index in [1.165, 1.54) is 0 Å². The first-order chi connectivity index (χ1) is 21.8. The summed E-state index contributed by atoms with van der Waals surface area (Å²) in [6.45, 7) is 0. The number of fused-ring (bicyclic) bond motifs is 7. The Balaban J connectivity index is 1.30. The molecule has 7 heteroatoms. The van der Waals surface area contributed by atoms with Crippen molar-refractivity contribution in [1.29, 1.82) is 0 Å². The first-order valence-electron chi connectivity index (χ1n) is 14.3. The highest BCUT2D eigenvalue weighted by Gasteiger charge is 2.21. The molecule has 0 aliphatic carbocycles. The van der Waals surface area contributed by atoms with Crippen molar-refractivity contribution in [2.24, 2.45) is 0 Å². The summed E-state index contributed by atoms with van der Waals surface area (Å²) in [4.78, 5) is 24.4. The van der Waals surface area contributed by atoms with Crippen molar-refractivity contribution < 1.29 is 4.42 Å². The fraction of sp³-hybridized carbons (Fsp3) is 0. The maximum absolute atomic E-state index is 6.48. The van der Waals surface area contributed by atoms with Crippen molar-refractivity contribution in [1.82, 2.24) is 29.5 Å². The minimum absolute atomic E-state index is 0.588. The smallest absolute Gasteiger partial charge is 0.164 e. The van der Waals surface area contributed by atoms with Gasteiger partial charge in [0.15, 0.2) is 23.1 Å². The van der Waals surface area contributed by atoms with E-state index in [4.69, 9.17) is 29.3 Å². The molecule has 0 fully saturated rings. The predicted octanol–water partition coefficient (Wildman–Crippen LogP) is 8.66. The van der Waals surface area contributed by atoms with Crippen LogP contribution in [0.5, 0.6) is 0 Å². The van der Waals surface area contributed by atoms with Gasteiger partial charge in [0.2, 0.25) is 0 Å². The molecule has 0 radical (unpaired) electrons. The molecule has 0 spiro atoms. The second-order valence-corrected chi connectivity index (χ2v) is 10.6. The number of aromatic nitrogens is 6. The number of furan rings is 1. The van der Waals surface area contributed by atoms with E-state index in [1.54, 1.807) is 6.20 Å². The number of hydrogen-bond donors (Lipinski definition) is 0. The van der Waals surface area contributed by atoms with Crippen molar-refractivity contribution in [2.45, 2.75) is 0 Å². The molecular formula is C37H22N6O. The summed E-state index contributed by atoms with van der Waals surface area (Å²) in [7, 11) is 0. The third kappa shape index (κ3) is 3.80. The lowest BCUT2D eigenvalue weighted by Gasteiger charge is -2.11. The van der Waals surface area contributed by atoms with Gasteiger partial charge in [-0.05, 0) is 30.3 Å². The molecule has 0 saturated heterocycles. The van der Waals surface area contributed by atoms with Crippen molar-refractivity contribution in [2.75, 3.05) is 0 Å². The second-order valence-electron chi connectivity index (χ2n) is 10.6. The number of pyridine rings is 2. The van der Waals surface area contributed by atoms with Gasteiger partial charge >= 0.3 is 0 Å². The Kier molecular flexibility index (Phi) is 5.36. The Hall–Kier alpha value is -6.21. The van der Waals surface area contributed by atoms with Gasteiger partial charge in [-0.2, -0.15) is 0 Å². The van der Waals surface area contributed by atoms with E-state index in [0.717, 1.165) is 66.4 Å². The van der Waals surface area contributed by atoms with Crippen molar-refractivity contribution >= 4 is 44.0 Å². The van der Waals surface area contributed by atoms with Gasteiger partial charge in [-0.25, -0.2) is 15.0 Å². The lowest BCUT2D eigenvalue weighted by atomic mass is 10.1. The number of rotatable bonds is 4. The predicted molar refractivity (Wildman–Crippen MR) is 173 cm³/mol. The van der Waals surface area contributed by atoms with Crippen LogP contribution in [0.2, 0.25) is 0 Å². The molecular weight excluding hydrogens is 544 g/mol. The van der Waals surface area contributed by atoms with Crippen molar-refractivity contribution in [3.63, 3.8) is 0 Å². The molecule has 44 heavy (non-hydrogen) atoms. The Labute approximate surface area is 251 Å². The average molecular weight is 567 g/mol. The molecule has 0 atom stereocenters. The highest BCUT2D eigenvalue weighted by molar-refractivity contribution is 6.18. The van der Waals surface area contributed by atoms with Gasteiger partial charge in [-0.15, -0.1) is 0 Å². The van der Waals surface area contributed by atoms with Gasteiger partial charge in [-0.3, -0.25) is 9.97 Å². The Bertz CT molecular complexity index is 2440. The maximum Gasteiger partial charge on any atom is 0.164 e. The third-order valence-electron chi connectivity index (χ3n) is 7.93. The van der Waals surface area contributed by atoms with E-state index >= 15 is 0 Å². The van der Waals surface area contributed by atoms with Crippen LogP contribution in [-0.4, -0.2) is 29.5 Å². The van der Waals surface area contributed by atoms with Gasteiger partial charge in [-0.1, -0.05) is 91.0 Å². The zero-order valence-electron chi connectivity index (χ0n) is 23.3. The van der Waals surface area contributed by atoms with E-state index in [-0.39, 0.29) is 0 Å². The second kappa shape index (κ2) is 9.68. The van der Waals surface area contributed by atoms with Gasteiger partial charge in [0, 0.05) is 45.5 Å². The summed E-state index contributed by atoms with van der Waals surface area (Å²) in [6.07, 6.45) is 3.69. The van der Waals surface area contributed by atoms with E-state index < -0.39 is 0 Å². The molecule has 0 aliphatic rings. The molecule has 0 unspecified atom stereocenters. The summed E-state index contributed by atoms with van der Waals surface area (Å²) in [5.41, 5.74) is 8.65.